The van der Waals surface area contributed by atoms with Crippen LogP contribution < -0.4 is 5.01 Å². The summed E-state index contributed by atoms with van der Waals surface area (Å²) in [5, 5.41) is 4.89. The molecular weight excluding hydrogens is 450 g/mol. The average molecular weight is 476 g/mol. The number of nitrogens with zero attached hydrogens (tertiary/aromatic N) is 3. The Labute approximate surface area is 215 Å². The summed E-state index contributed by atoms with van der Waals surface area (Å²) >= 11 is 0. The smallest absolute Gasteiger partial charge is 0.160 e. The molecule has 0 N–H and O–H groups in total. The number of imidazole rings is 1. The third kappa shape index (κ3) is 2.69. The minimum Gasteiger partial charge on any atom is -0.254 e. The fourth-order valence-corrected chi connectivity index (χ4v) is 6.51. The van der Waals surface area contributed by atoms with E-state index in [0.29, 0.717) is 0 Å². The van der Waals surface area contributed by atoms with E-state index < -0.39 is 0 Å². The van der Waals surface area contributed by atoms with E-state index in [9.17, 15) is 0 Å². The number of fused-ring (bicyclic) bond motifs is 5. The summed E-state index contributed by atoms with van der Waals surface area (Å²) in [6.07, 6.45) is 4.45. The third-order valence-electron chi connectivity index (χ3n) is 8.11. The van der Waals surface area contributed by atoms with E-state index in [4.69, 9.17) is 4.98 Å². The monoisotopic (exact) mass is 475 g/mol. The second-order valence-electron chi connectivity index (χ2n) is 10.5. The standard InChI is InChI=1S/C34H25N3/c1-34(2)27-15-7-6-13-24(27)26-21-23-19-20-36(30-18-10-14-25(31(23)30)32(26)34)37-29-17-9-8-16-28(29)35-33(37)22-11-4-3-5-12-22/h3-21H,1-2H3. The van der Waals surface area contributed by atoms with Gasteiger partial charge in [0.25, 0.3) is 0 Å². The van der Waals surface area contributed by atoms with Crippen molar-refractivity contribution in [1.29, 1.82) is 0 Å². The lowest BCUT2D eigenvalue weighted by molar-refractivity contribution is 0.666. The first-order valence-electron chi connectivity index (χ1n) is 12.8. The Hall–Kier alpha value is -4.63. The maximum atomic E-state index is 5.07. The predicted molar refractivity (Wildman–Crippen MR) is 154 cm³/mol. The summed E-state index contributed by atoms with van der Waals surface area (Å²) in [5.74, 6) is 0.931. The van der Waals surface area contributed by atoms with Crippen LogP contribution in [0.5, 0.6) is 0 Å². The van der Waals surface area contributed by atoms with Crippen LogP contribution in [0.15, 0.2) is 109 Å². The van der Waals surface area contributed by atoms with Crippen LogP contribution in [-0.4, -0.2) is 9.66 Å². The van der Waals surface area contributed by atoms with Gasteiger partial charge in [-0.1, -0.05) is 92.7 Å². The molecule has 176 valence electrons. The van der Waals surface area contributed by atoms with Crippen molar-refractivity contribution in [3.05, 3.63) is 126 Å². The minimum absolute atomic E-state index is 0.0635. The van der Waals surface area contributed by atoms with Crippen LogP contribution in [0.2, 0.25) is 0 Å². The molecule has 2 aliphatic rings. The van der Waals surface area contributed by atoms with Gasteiger partial charge in [-0.3, -0.25) is 5.01 Å². The summed E-state index contributed by atoms with van der Waals surface area (Å²) in [5.41, 5.74) is 11.1. The lowest BCUT2D eigenvalue weighted by Crippen LogP contribution is -2.26. The van der Waals surface area contributed by atoms with E-state index in [1.807, 2.05) is 0 Å². The van der Waals surface area contributed by atoms with Gasteiger partial charge in [0, 0.05) is 22.6 Å². The zero-order valence-electron chi connectivity index (χ0n) is 20.8. The highest BCUT2D eigenvalue weighted by atomic mass is 15.6. The van der Waals surface area contributed by atoms with Crippen LogP contribution in [-0.2, 0) is 5.41 Å². The fourth-order valence-electron chi connectivity index (χ4n) is 6.51. The van der Waals surface area contributed by atoms with Crippen LogP contribution >= 0.6 is 0 Å². The number of hydrogen-bond acceptors (Lipinski definition) is 2. The molecule has 37 heavy (non-hydrogen) atoms. The van der Waals surface area contributed by atoms with E-state index in [1.54, 1.807) is 0 Å². The Kier molecular flexibility index (Phi) is 4.00. The normalized spacial score (nSPS) is 14.8. The van der Waals surface area contributed by atoms with Gasteiger partial charge in [0.2, 0.25) is 0 Å². The first kappa shape index (κ1) is 20.6. The molecule has 3 nitrogen and oxygen atoms in total. The van der Waals surface area contributed by atoms with Gasteiger partial charge in [-0.15, -0.1) is 0 Å². The van der Waals surface area contributed by atoms with Crippen LogP contribution in [0, 0.1) is 0 Å². The van der Waals surface area contributed by atoms with Crippen molar-refractivity contribution in [3.63, 3.8) is 0 Å². The Morgan fingerprint density at radius 3 is 2.41 bits per heavy atom. The number of anilines is 1. The van der Waals surface area contributed by atoms with E-state index in [1.165, 1.54) is 44.3 Å². The van der Waals surface area contributed by atoms with Crippen molar-refractivity contribution >= 4 is 33.6 Å². The Morgan fingerprint density at radius 2 is 1.51 bits per heavy atom. The minimum atomic E-state index is -0.0635. The summed E-state index contributed by atoms with van der Waals surface area (Å²) in [6, 6.07) is 36.9. The average Bonchev–Trinajstić information content (AvgIpc) is 3.43. The molecule has 0 amide bonds. The van der Waals surface area contributed by atoms with Gasteiger partial charge in [-0.05, 0) is 63.5 Å². The highest BCUT2D eigenvalue weighted by molar-refractivity contribution is 6.09. The second-order valence-corrected chi connectivity index (χ2v) is 10.5. The second kappa shape index (κ2) is 7.21. The molecule has 8 rings (SSSR count). The molecule has 0 fully saturated rings. The third-order valence-corrected chi connectivity index (χ3v) is 8.11. The molecule has 1 aliphatic carbocycles. The molecule has 5 aromatic carbocycles. The fraction of sp³-hybridized carbons (Fsp3) is 0.0882. The Bertz CT molecular complexity index is 1910. The number of para-hydroxylation sites is 2. The maximum Gasteiger partial charge on any atom is 0.160 e. The molecule has 3 heteroatoms. The molecule has 1 aromatic heterocycles. The molecule has 0 spiro atoms. The quantitative estimate of drug-likeness (QED) is 0.251. The van der Waals surface area contributed by atoms with Crippen molar-refractivity contribution in [3.8, 4) is 22.5 Å². The lowest BCUT2D eigenvalue weighted by Gasteiger charge is -2.31. The van der Waals surface area contributed by atoms with Crippen LogP contribution in [0.4, 0.5) is 5.69 Å². The SMILES string of the molecule is CC1(C)c2ccccc2-c2cc3c4c(cccc4c21)N(n1c(-c2ccccc2)nc2ccccc21)C=C3. The largest absolute Gasteiger partial charge is 0.254 e. The van der Waals surface area contributed by atoms with Gasteiger partial charge >= 0.3 is 0 Å². The summed E-state index contributed by atoms with van der Waals surface area (Å²) in [6.45, 7) is 4.72. The van der Waals surface area contributed by atoms with Gasteiger partial charge in [0.05, 0.1) is 16.7 Å². The number of rotatable bonds is 2. The van der Waals surface area contributed by atoms with Gasteiger partial charge in [0.15, 0.2) is 5.82 Å². The molecule has 1 aliphatic heterocycles. The first-order valence-corrected chi connectivity index (χ1v) is 12.8. The van der Waals surface area contributed by atoms with Crippen molar-refractivity contribution in [2.24, 2.45) is 0 Å². The molecule has 0 bridgehead atoms. The van der Waals surface area contributed by atoms with Gasteiger partial charge in [-0.25, -0.2) is 9.66 Å². The molecule has 0 unspecified atom stereocenters. The highest BCUT2D eigenvalue weighted by Gasteiger charge is 2.38. The predicted octanol–water partition coefficient (Wildman–Crippen LogP) is 8.42. The van der Waals surface area contributed by atoms with E-state index >= 15 is 0 Å². The number of aromatic nitrogens is 2. The Balaban J connectivity index is 1.43. The van der Waals surface area contributed by atoms with Crippen molar-refractivity contribution in [1.82, 2.24) is 9.66 Å². The topological polar surface area (TPSA) is 21.1 Å². The van der Waals surface area contributed by atoms with Crippen LogP contribution in [0.25, 0.3) is 50.4 Å². The molecular formula is C34H25N3. The molecule has 0 radical (unpaired) electrons. The van der Waals surface area contributed by atoms with Crippen LogP contribution in [0.1, 0.15) is 30.5 Å². The highest BCUT2D eigenvalue weighted by Crippen LogP contribution is 2.53. The van der Waals surface area contributed by atoms with Gasteiger partial charge in [0.1, 0.15) is 0 Å². The zero-order valence-corrected chi connectivity index (χ0v) is 20.8. The number of benzene rings is 5. The molecule has 0 saturated heterocycles. The molecule has 2 heterocycles. The van der Waals surface area contributed by atoms with Crippen LogP contribution in [0.3, 0.4) is 0 Å². The van der Waals surface area contributed by atoms with Crippen molar-refractivity contribution in [2.45, 2.75) is 19.3 Å². The summed E-state index contributed by atoms with van der Waals surface area (Å²) in [7, 11) is 0. The molecule has 6 aromatic rings. The van der Waals surface area contributed by atoms with Crippen molar-refractivity contribution in [2.75, 3.05) is 5.01 Å². The Morgan fingerprint density at radius 1 is 0.730 bits per heavy atom. The summed E-state index contributed by atoms with van der Waals surface area (Å²) < 4.78 is 2.26. The number of hydrogen-bond donors (Lipinski definition) is 0. The zero-order chi connectivity index (χ0) is 24.7. The van der Waals surface area contributed by atoms with Crippen molar-refractivity contribution < 1.29 is 0 Å². The summed E-state index contributed by atoms with van der Waals surface area (Å²) in [4.78, 5) is 5.07. The van der Waals surface area contributed by atoms with Gasteiger partial charge < -0.3 is 0 Å². The molecule has 0 saturated carbocycles. The maximum absolute atomic E-state index is 5.07. The van der Waals surface area contributed by atoms with E-state index in [0.717, 1.165) is 22.4 Å². The molecule has 0 atom stereocenters. The first-order chi connectivity index (χ1) is 18.1. The van der Waals surface area contributed by atoms with E-state index in [2.05, 4.69) is 139 Å². The van der Waals surface area contributed by atoms with E-state index in [-0.39, 0.29) is 5.41 Å². The lowest BCUT2D eigenvalue weighted by atomic mass is 9.79. The van der Waals surface area contributed by atoms with Gasteiger partial charge in [-0.2, -0.15) is 0 Å².